The molecule has 0 atom stereocenters. The summed E-state index contributed by atoms with van der Waals surface area (Å²) in [4.78, 5) is 35.1. The van der Waals surface area contributed by atoms with E-state index in [4.69, 9.17) is 15.9 Å². The molecule has 1 amide bonds. The molecular weight excluding hydrogens is 342 g/mol. The molecule has 1 aliphatic rings. The van der Waals surface area contributed by atoms with Gasteiger partial charge in [0.15, 0.2) is 5.76 Å². The molecule has 0 radical (unpaired) electrons. The van der Waals surface area contributed by atoms with Crippen LogP contribution in [0.3, 0.4) is 0 Å². The van der Waals surface area contributed by atoms with E-state index in [1.54, 1.807) is 18.4 Å². The molecule has 1 fully saturated rings. The highest BCUT2D eigenvalue weighted by atomic mass is 32.1. The number of ketones is 1. The van der Waals surface area contributed by atoms with Crippen LogP contribution in [0.4, 0.5) is 11.6 Å². The zero-order chi connectivity index (χ0) is 17.6. The van der Waals surface area contributed by atoms with Crippen molar-refractivity contribution in [3.63, 3.8) is 0 Å². The Morgan fingerprint density at radius 1 is 1.28 bits per heavy atom. The van der Waals surface area contributed by atoms with Gasteiger partial charge in [0.1, 0.15) is 21.2 Å². The third-order valence-electron chi connectivity index (χ3n) is 4.16. The van der Waals surface area contributed by atoms with E-state index in [2.05, 4.69) is 9.97 Å². The summed E-state index contributed by atoms with van der Waals surface area (Å²) in [6, 6.07) is 3.52. The molecule has 0 aromatic carbocycles. The van der Waals surface area contributed by atoms with Crippen LogP contribution >= 0.6 is 11.3 Å². The van der Waals surface area contributed by atoms with Crippen molar-refractivity contribution < 1.29 is 14.0 Å². The Balaban J connectivity index is 1.92. The smallest absolute Gasteiger partial charge is 0.260 e. The second-order valence-corrected chi connectivity index (χ2v) is 6.76. The third kappa shape index (κ3) is 2.62. The molecule has 0 aliphatic carbocycles. The number of nitrogens with two attached hydrogens (primary N) is 2. The number of primary amides is 1. The molecule has 1 aliphatic heterocycles. The zero-order valence-electron chi connectivity index (χ0n) is 13.2. The van der Waals surface area contributed by atoms with Crippen molar-refractivity contribution >= 4 is 44.9 Å². The van der Waals surface area contributed by atoms with Gasteiger partial charge in [-0.15, -0.1) is 11.3 Å². The Morgan fingerprint density at radius 2 is 2.04 bits per heavy atom. The summed E-state index contributed by atoms with van der Waals surface area (Å²) >= 11 is 1.14. The van der Waals surface area contributed by atoms with Gasteiger partial charge in [0, 0.05) is 25.9 Å². The molecule has 8 nitrogen and oxygen atoms in total. The van der Waals surface area contributed by atoms with Gasteiger partial charge in [-0.1, -0.05) is 0 Å². The van der Waals surface area contributed by atoms with Crippen molar-refractivity contribution in [1.29, 1.82) is 0 Å². The Kier molecular flexibility index (Phi) is 3.65. The number of thiophene rings is 1. The summed E-state index contributed by atoms with van der Waals surface area (Å²) in [5.74, 6) is 0.655. The first-order chi connectivity index (χ1) is 12.0. The van der Waals surface area contributed by atoms with E-state index in [1.807, 2.05) is 4.90 Å². The lowest BCUT2D eigenvalue weighted by Crippen LogP contribution is -2.35. The number of carbonyl (C=O) groups excluding carboxylic acids is 2. The molecule has 128 valence electrons. The van der Waals surface area contributed by atoms with E-state index in [-0.39, 0.29) is 16.3 Å². The minimum absolute atomic E-state index is 0.236. The molecule has 3 aromatic heterocycles. The first-order valence-corrected chi connectivity index (χ1v) is 8.56. The monoisotopic (exact) mass is 357 g/mol. The molecule has 9 heteroatoms. The van der Waals surface area contributed by atoms with Crippen molar-refractivity contribution in [3.05, 3.63) is 23.3 Å². The fourth-order valence-electron chi connectivity index (χ4n) is 2.88. The van der Waals surface area contributed by atoms with Gasteiger partial charge in [0.25, 0.3) is 5.91 Å². The number of anilines is 2. The SMILES string of the molecule is NC(=O)c1sc2nc(N3CCC(=O)CC3)nc(-c3ccco3)c2c1N. The van der Waals surface area contributed by atoms with Crippen molar-refractivity contribution in [1.82, 2.24) is 9.97 Å². The van der Waals surface area contributed by atoms with Crippen LogP contribution < -0.4 is 16.4 Å². The van der Waals surface area contributed by atoms with Gasteiger partial charge in [-0.25, -0.2) is 9.97 Å². The van der Waals surface area contributed by atoms with E-state index in [9.17, 15) is 9.59 Å². The molecular formula is C16H15N5O3S. The van der Waals surface area contributed by atoms with Gasteiger partial charge in [-0.3, -0.25) is 9.59 Å². The number of rotatable bonds is 3. The Hall–Kier alpha value is -2.94. The number of Topliss-reactive ketones (excluding diaryl/α,β-unsaturated/α-hetero) is 1. The Morgan fingerprint density at radius 3 is 2.68 bits per heavy atom. The summed E-state index contributed by atoms with van der Waals surface area (Å²) in [5.41, 5.74) is 12.3. The van der Waals surface area contributed by atoms with Crippen LogP contribution in [0.15, 0.2) is 22.8 Å². The molecule has 0 saturated carbocycles. The Labute approximate surface area is 146 Å². The predicted molar refractivity (Wildman–Crippen MR) is 94.5 cm³/mol. The lowest BCUT2D eigenvalue weighted by molar-refractivity contribution is -0.119. The van der Waals surface area contributed by atoms with E-state index in [0.29, 0.717) is 53.6 Å². The van der Waals surface area contributed by atoms with Gasteiger partial charge in [-0.2, -0.15) is 0 Å². The maximum absolute atomic E-state index is 11.6. The number of nitrogens with zero attached hydrogens (tertiary/aromatic N) is 3. The molecule has 0 bridgehead atoms. The number of nitrogen functional groups attached to an aromatic ring is 1. The number of aromatic nitrogens is 2. The van der Waals surface area contributed by atoms with Gasteiger partial charge >= 0.3 is 0 Å². The second kappa shape index (κ2) is 5.85. The van der Waals surface area contributed by atoms with E-state index in [0.717, 1.165) is 11.3 Å². The summed E-state index contributed by atoms with van der Waals surface area (Å²) in [7, 11) is 0. The summed E-state index contributed by atoms with van der Waals surface area (Å²) in [6.45, 7) is 1.12. The highest BCUT2D eigenvalue weighted by molar-refractivity contribution is 7.21. The van der Waals surface area contributed by atoms with Crippen LogP contribution in [0.5, 0.6) is 0 Å². The number of hydrogen-bond acceptors (Lipinski definition) is 8. The van der Waals surface area contributed by atoms with Crippen molar-refractivity contribution in [2.75, 3.05) is 23.7 Å². The van der Waals surface area contributed by atoms with Crippen molar-refractivity contribution in [2.24, 2.45) is 5.73 Å². The molecule has 4 N–H and O–H groups in total. The normalized spacial score (nSPS) is 15.0. The number of piperidine rings is 1. The van der Waals surface area contributed by atoms with Crippen LogP contribution in [0.1, 0.15) is 22.5 Å². The quantitative estimate of drug-likeness (QED) is 0.731. The molecule has 3 aromatic rings. The molecule has 0 unspecified atom stereocenters. The summed E-state index contributed by atoms with van der Waals surface area (Å²) in [5, 5.41) is 0.561. The van der Waals surface area contributed by atoms with Crippen LogP contribution in [0, 0.1) is 0 Å². The molecule has 0 spiro atoms. The minimum Gasteiger partial charge on any atom is -0.463 e. The number of hydrogen-bond donors (Lipinski definition) is 2. The standard InChI is InChI=1S/C16H15N5O3S/c17-11-10-12(9-2-1-7-24-9)19-16(21-5-3-8(22)4-6-21)20-15(10)25-13(11)14(18)23/h1-2,7H,3-6,17H2,(H2,18,23). The maximum Gasteiger partial charge on any atom is 0.260 e. The second-order valence-electron chi connectivity index (χ2n) is 5.76. The van der Waals surface area contributed by atoms with Crippen LogP contribution in [-0.2, 0) is 4.79 Å². The van der Waals surface area contributed by atoms with Gasteiger partial charge < -0.3 is 20.8 Å². The van der Waals surface area contributed by atoms with Gasteiger partial charge in [0.05, 0.1) is 17.3 Å². The number of amides is 1. The van der Waals surface area contributed by atoms with E-state index < -0.39 is 5.91 Å². The lowest BCUT2D eigenvalue weighted by atomic mass is 10.1. The zero-order valence-corrected chi connectivity index (χ0v) is 14.0. The highest BCUT2D eigenvalue weighted by Gasteiger charge is 2.25. The van der Waals surface area contributed by atoms with Crippen LogP contribution in [0.25, 0.3) is 21.7 Å². The summed E-state index contributed by atoms with van der Waals surface area (Å²) in [6.07, 6.45) is 2.48. The van der Waals surface area contributed by atoms with Crippen molar-refractivity contribution in [2.45, 2.75) is 12.8 Å². The largest absolute Gasteiger partial charge is 0.463 e. The molecule has 25 heavy (non-hydrogen) atoms. The van der Waals surface area contributed by atoms with Gasteiger partial charge in [-0.05, 0) is 12.1 Å². The first-order valence-electron chi connectivity index (χ1n) is 7.75. The topological polar surface area (TPSA) is 128 Å². The fourth-order valence-corrected chi connectivity index (χ4v) is 3.82. The number of carbonyl (C=O) groups is 2. The number of furan rings is 1. The lowest BCUT2D eigenvalue weighted by Gasteiger charge is -2.26. The minimum atomic E-state index is -0.601. The van der Waals surface area contributed by atoms with Gasteiger partial charge in [0.2, 0.25) is 5.95 Å². The van der Waals surface area contributed by atoms with E-state index in [1.165, 1.54) is 0 Å². The van der Waals surface area contributed by atoms with E-state index >= 15 is 0 Å². The van der Waals surface area contributed by atoms with Crippen LogP contribution in [0.2, 0.25) is 0 Å². The molecule has 4 rings (SSSR count). The molecule has 1 saturated heterocycles. The highest BCUT2D eigenvalue weighted by Crippen LogP contribution is 2.39. The Bertz CT molecular complexity index is 969. The third-order valence-corrected chi connectivity index (χ3v) is 5.27. The predicted octanol–water partition coefficient (Wildman–Crippen LogP) is 1.80. The fraction of sp³-hybridized carbons (Fsp3) is 0.250. The number of fused-ring (bicyclic) bond motifs is 1. The average molecular weight is 357 g/mol. The average Bonchev–Trinajstić information content (AvgIpc) is 3.23. The summed E-state index contributed by atoms with van der Waals surface area (Å²) < 4.78 is 5.48. The van der Waals surface area contributed by atoms with Crippen LogP contribution in [-0.4, -0.2) is 34.7 Å². The van der Waals surface area contributed by atoms with Crippen molar-refractivity contribution in [3.8, 4) is 11.5 Å². The first kappa shape index (κ1) is 15.6. The maximum atomic E-state index is 11.6. The molecule has 4 heterocycles.